The van der Waals surface area contributed by atoms with Crippen LogP contribution in [0.4, 0.5) is 5.69 Å². The van der Waals surface area contributed by atoms with Crippen LogP contribution in [0.2, 0.25) is 0 Å². The Balaban J connectivity index is 2.57. The van der Waals surface area contributed by atoms with Crippen LogP contribution in [0.1, 0.15) is 10.4 Å². The van der Waals surface area contributed by atoms with Crippen LogP contribution in [-0.4, -0.2) is 16.8 Å². The summed E-state index contributed by atoms with van der Waals surface area (Å²) >= 11 is 0. The number of aliphatic carboxylic acids is 1. The van der Waals surface area contributed by atoms with E-state index >= 15 is 0 Å². The Kier molecular flexibility index (Phi) is 4.38. The highest BCUT2D eigenvalue weighted by molar-refractivity contribution is 5.94. The number of rotatable bonds is 5. The Morgan fingerprint density at radius 2 is 1.83 bits per heavy atom. The van der Waals surface area contributed by atoms with E-state index in [-0.39, 0.29) is 11.3 Å². The topological polar surface area (TPSA) is 124 Å². The van der Waals surface area contributed by atoms with Crippen molar-refractivity contribution < 1.29 is 19.6 Å². The number of nitro groups is 1. The van der Waals surface area contributed by atoms with Gasteiger partial charge in [0.05, 0.1) is 10.9 Å². The van der Waals surface area contributed by atoms with Crippen molar-refractivity contribution >= 4 is 17.6 Å². The largest absolute Gasteiger partial charge is 0.545 e. The van der Waals surface area contributed by atoms with Crippen molar-refractivity contribution in [3.63, 3.8) is 0 Å². The third kappa shape index (κ3) is 3.93. The van der Waals surface area contributed by atoms with Gasteiger partial charge in [-0.05, 0) is 18.2 Å². The zero-order valence-corrected chi connectivity index (χ0v) is 8.95. The van der Waals surface area contributed by atoms with Crippen molar-refractivity contribution in [3.05, 3.63) is 52.2 Å². The van der Waals surface area contributed by atoms with Gasteiger partial charge in [-0.2, -0.15) is 0 Å². The van der Waals surface area contributed by atoms with Crippen LogP contribution in [0, 0.1) is 10.1 Å². The average Bonchev–Trinajstić information content (AvgIpc) is 2.34. The lowest BCUT2D eigenvalue weighted by Gasteiger charge is -2.04. The molecule has 0 aliphatic heterocycles. The maximum absolute atomic E-state index is 11.4. The van der Waals surface area contributed by atoms with Crippen molar-refractivity contribution in [1.82, 2.24) is 10.9 Å². The number of amides is 1. The number of carboxylic acid groups (broad SMARTS) is 1. The van der Waals surface area contributed by atoms with Gasteiger partial charge in [0.25, 0.3) is 11.6 Å². The fraction of sp³-hybridized carbons (Fsp3) is 0. The smallest absolute Gasteiger partial charge is 0.269 e. The van der Waals surface area contributed by atoms with Crippen molar-refractivity contribution in [2.45, 2.75) is 0 Å². The van der Waals surface area contributed by atoms with Gasteiger partial charge in [0.15, 0.2) is 0 Å². The molecule has 18 heavy (non-hydrogen) atoms. The highest BCUT2D eigenvalue weighted by Gasteiger charge is 2.08. The number of carboxylic acids is 1. The first kappa shape index (κ1) is 13.2. The number of carbonyl (C=O) groups excluding carboxylic acids is 2. The molecule has 1 amide bonds. The molecule has 0 spiro atoms. The van der Waals surface area contributed by atoms with E-state index < -0.39 is 16.8 Å². The van der Waals surface area contributed by atoms with Gasteiger partial charge >= 0.3 is 0 Å². The second kappa shape index (κ2) is 5.99. The van der Waals surface area contributed by atoms with Gasteiger partial charge in [-0.3, -0.25) is 20.3 Å². The molecule has 1 aromatic carbocycles. The van der Waals surface area contributed by atoms with Crippen molar-refractivity contribution in [1.29, 1.82) is 0 Å². The van der Waals surface area contributed by atoms with Crippen LogP contribution in [-0.2, 0) is 4.79 Å². The van der Waals surface area contributed by atoms with Gasteiger partial charge in [0.1, 0.15) is 0 Å². The van der Waals surface area contributed by atoms with E-state index in [4.69, 9.17) is 0 Å². The Labute approximate surface area is 101 Å². The zero-order chi connectivity index (χ0) is 13.5. The predicted molar refractivity (Wildman–Crippen MR) is 57.8 cm³/mol. The quantitative estimate of drug-likeness (QED) is 0.396. The zero-order valence-electron chi connectivity index (χ0n) is 8.95. The summed E-state index contributed by atoms with van der Waals surface area (Å²) in [6.07, 6.45) is 1.66. The van der Waals surface area contributed by atoms with E-state index in [1.165, 1.54) is 24.3 Å². The van der Waals surface area contributed by atoms with E-state index in [2.05, 4.69) is 10.9 Å². The summed E-state index contributed by atoms with van der Waals surface area (Å²) in [5, 5.41) is 20.4. The summed E-state index contributed by atoms with van der Waals surface area (Å²) < 4.78 is 0. The monoisotopic (exact) mass is 250 g/mol. The van der Waals surface area contributed by atoms with Gasteiger partial charge in [0.2, 0.25) is 0 Å². The number of hydrazine groups is 1. The molecule has 0 atom stereocenters. The molecule has 0 unspecified atom stereocenters. The van der Waals surface area contributed by atoms with E-state index in [0.717, 1.165) is 6.20 Å². The van der Waals surface area contributed by atoms with Crippen molar-refractivity contribution in [2.24, 2.45) is 0 Å². The lowest BCUT2D eigenvalue weighted by atomic mass is 10.2. The minimum atomic E-state index is -1.41. The van der Waals surface area contributed by atoms with E-state index in [1.54, 1.807) is 0 Å². The molecule has 0 saturated heterocycles. The fourth-order valence-electron chi connectivity index (χ4n) is 1.02. The van der Waals surface area contributed by atoms with Crippen LogP contribution >= 0.6 is 0 Å². The highest BCUT2D eigenvalue weighted by atomic mass is 16.6. The molecular formula is C10H8N3O5-. The minimum Gasteiger partial charge on any atom is -0.545 e. The summed E-state index contributed by atoms with van der Waals surface area (Å²) in [5.74, 6) is -1.97. The van der Waals surface area contributed by atoms with Gasteiger partial charge in [-0.25, -0.2) is 0 Å². The summed E-state index contributed by atoms with van der Waals surface area (Å²) in [4.78, 5) is 31.2. The van der Waals surface area contributed by atoms with E-state index in [9.17, 15) is 24.8 Å². The predicted octanol–water partition coefficient (Wildman–Crippen LogP) is -0.907. The molecular weight excluding hydrogens is 242 g/mol. The summed E-state index contributed by atoms with van der Waals surface area (Å²) in [6, 6.07) is 4.92. The Morgan fingerprint density at radius 1 is 1.22 bits per heavy atom. The molecule has 0 fully saturated rings. The van der Waals surface area contributed by atoms with Crippen LogP contribution < -0.4 is 16.0 Å². The average molecular weight is 250 g/mol. The first-order valence-corrected chi connectivity index (χ1v) is 4.68. The molecule has 0 bridgehead atoms. The van der Waals surface area contributed by atoms with Crippen molar-refractivity contribution in [3.8, 4) is 0 Å². The second-order valence-electron chi connectivity index (χ2n) is 3.05. The Bertz CT molecular complexity index is 495. The third-order valence-corrected chi connectivity index (χ3v) is 1.83. The molecule has 94 valence electrons. The normalized spacial score (nSPS) is 10.0. The van der Waals surface area contributed by atoms with E-state index in [1.807, 2.05) is 0 Å². The Morgan fingerprint density at radius 3 is 2.33 bits per heavy atom. The molecule has 1 rings (SSSR count). The molecule has 0 aromatic heterocycles. The number of hydrogen-bond acceptors (Lipinski definition) is 6. The third-order valence-electron chi connectivity index (χ3n) is 1.83. The van der Waals surface area contributed by atoms with Gasteiger partial charge in [-0.1, -0.05) is 0 Å². The molecule has 0 saturated carbocycles. The van der Waals surface area contributed by atoms with Gasteiger partial charge in [0, 0.05) is 23.9 Å². The lowest BCUT2D eigenvalue weighted by Crippen LogP contribution is -2.34. The van der Waals surface area contributed by atoms with Crippen LogP contribution in [0.25, 0.3) is 0 Å². The Hall–Kier alpha value is -2.90. The van der Waals surface area contributed by atoms with Gasteiger partial charge in [-0.15, -0.1) is 0 Å². The highest BCUT2D eigenvalue weighted by Crippen LogP contribution is 2.11. The van der Waals surface area contributed by atoms with Crippen molar-refractivity contribution in [2.75, 3.05) is 0 Å². The molecule has 8 nitrogen and oxygen atoms in total. The number of nitrogens with zero attached hydrogens (tertiary/aromatic N) is 1. The second-order valence-corrected chi connectivity index (χ2v) is 3.05. The van der Waals surface area contributed by atoms with Crippen LogP contribution in [0.15, 0.2) is 36.5 Å². The first-order valence-electron chi connectivity index (χ1n) is 4.68. The SMILES string of the molecule is O=C([O-])/C=C/NNC(=O)c1ccc([N+](=O)[O-])cc1. The minimum absolute atomic E-state index is 0.128. The summed E-state index contributed by atoms with van der Waals surface area (Å²) in [6.45, 7) is 0. The van der Waals surface area contributed by atoms with Crippen LogP contribution in [0.3, 0.4) is 0 Å². The molecule has 0 aliphatic carbocycles. The lowest BCUT2D eigenvalue weighted by molar-refractivity contribution is -0.384. The van der Waals surface area contributed by atoms with Gasteiger partial charge < -0.3 is 15.3 Å². The molecule has 0 heterocycles. The number of non-ortho nitro benzene ring substituents is 1. The first-order chi connectivity index (χ1) is 8.50. The molecule has 0 radical (unpaired) electrons. The number of benzene rings is 1. The maximum atomic E-state index is 11.4. The molecule has 2 N–H and O–H groups in total. The molecule has 1 aromatic rings. The number of nitrogens with one attached hydrogen (secondary N) is 2. The number of nitro benzene ring substituents is 1. The molecule has 0 aliphatic rings. The number of carbonyl (C=O) groups is 2. The fourth-order valence-corrected chi connectivity index (χ4v) is 1.02. The standard InChI is InChI=1S/C10H9N3O5/c14-9(15)5-6-11-12-10(16)7-1-3-8(4-2-7)13(17)18/h1-6,11H,(H,12,16)(H,14,15)/p-1/b6-5+. The number of hydrogen-bond donors (Lipinski definition) is 2. The maximum Gasteiger partial charge on any atom is 0.269 e. The summed E-state index contributed by atoms with van der Waals surface area (Å²) in [5.41, 5.74) is 4.45. The summed E-state index contributed by atoms with van der Waals surface area (Å²) in [7, 11) is 0. The molecule has 8 heteroatoms. The van der Waals surface area contributed by atoms with Crippen LogP contribution in [0.5, 0.6) is 0 Å². The van der Waals surface area contributed by atoms with E-state index in [0.29, 0.717) is 6.08 Å².